The van der Waals surface area contributed by atoms with Crippen molar-refractivity contribution < 1.29 is 8.76 Å². The predicted molar refractivity (Wildman–Crippen MR) is 58.4 cm³/mol. The first-order valence-corrected chi connectivity index (χ1v) is 9.09. The quantitative estimate of drug-likeness (QED) is 0.628. The van der Waals surface area contributed by atoms with Crippen LogP contribution in [0, 0.1) is 0 Å². The third kappa shape index (κ3) is 3.70. The van der Waals surface area contributed by atoms with E-state index in [0.717, 1.165) is 10.4 Å². The van der Waals surface area contributed by atoms with E-state index in [2.05, 4.69) is 11.9 Å². The molecule has 0 aliphatic rings. The van der Waals surface area contributed by atoms with E-state index in [1.54, 1.807) is 12.1 Å². The summed E-state index contributed by atoms with van der Waals surface area (Å²) in [5.41, 5.74) is 1.23. The average molecular weight is 325 g/mol. The van der Waals surface area contributed by atoms with Crippen molar-refractivity contribution in [3.8, 4) is 0 Å². The zero-order valence-electron chi connectivity index (χ0n) is 8.23. The van der Waals surface area contributed by atoms with Crippen LogP contribution in [0.15, 0.2) is 29.2 Å². The molecular weight excluding hydrogens is 312 g/mol. The summed E-state index contributed by atoms with van der Waals surface area (Å²) in [5.74, 6) is 0. The van der Waals surface area contributed by atoms with E-state index in [4.69, 9.17) is 0 Å². The van der Waals surface area contributed by atoms with Gasteiger partial charge in [-0.05, 0) is 0 Å². The number of hydrogen-bond donors (Lipinski definition) is 0. The molecule has 0 radical (unpaired) electrons. The summed E-state index contributed by atoms with van der Waals surface area (Å²) in [4.78, 5) is 2.66. The van der Waals surface area contributed by atoms with Gasteiger partial charge in [0.25, 0.3) is 0 Å². The first-order valence-electron chi connectivity index (χ1n) is 4.34. The summed E-state index contributed by atoms with van der Waals surface area (Å²) in [7, 11) is 0. The Morgan fingerprint density at radius 1 is 1.43 bits per heavy atom. The fourth-order valence-electron chi connectivity index (χ4n) is 1.15. The molecule has 0 N–H and O–H groups in total. The van der Waals surface area contributed by atoms with Crippen molar-refractivity contribution in [2.45, 2.75) is 27.2 Å². The van der Waals surface area contributed by atoms with Crippen molar-refractivity contribution >= 4 is 32.0 Å². The Bertz CT molecular complexity index is 310. The topological polar surface area (TPSA) is 40.1 Å². The summed E-state index contributed by atoms with van der Waals surface area (Å²) < 4.78 is 22.0. The Morgan fingerprint density at radius 3 is 2.43 bits per heavy atom. The first-order chi connectivity index (χ1) is 6.63. The molecule has 1 aromatic rings. The van der Waals surface area contributed by atoms with Crippen molar-refractivity contribution in [1.29, 1.82) is 0 Å². The SMILES string of the molecule is C[Te]C(C)Cc1ccc(S(=O)[O-])cc1. The normalized spacial score (nSPS) is 15.1. The predicted octanol–water partition coefficient (Wildman–Crippen LogP) is 2.03. The van der Waals surface area contributed by atoms with Crippen LogP contribution >= 0.6 is 0 Å². The van der Waals surface area contributed by atoms with Crippen LogP contribution in [-0.4, -0.2) is 29.7 Å². The van der Waals surface area contributed by atoms with Crippen LogP contribution in [0.4, 0.5) is 0 Å². The van der Waals surface area contributed by atoms with E-state index in [0.29, 0.717) is 4.90 Å². The van der Waals surface area contributed by atoms with Gasteiger partial charge in [0.15, 0.2) is 0 Å². The standard InChI is InChI=1S/C10H14O2STe/c1-8(14-2)7-9-3-5-10(6-4-9)13(11)12/h3-6,8H,7H2,1-2H3,(H,11,12)/p-1. The van der Waals surface area contributed by atoms with E-state index < -0.39 is 11.1 Å². The van der Waals surface area contributed by atoms with Crippen molar-refractivity contribution in [3.63, 3.8) is 0 Å². The molecule has 4 heteroatoms. The Morgan fingerprint density at radius 2 is 2.00 bits per heavy atom. The van der Waals surface area contributed by atoms with Crippen LogP contribution in [0.3, 0.4) is 0 Å². The average Bonchev–Trinajstić information content (AvgIpc) is 2.18. The van der Waals surface area contributed by atoms with Crippen LogP contribution in [0.5, 0.6) is 0 Å². The first kappa shape index (κ1) is 12.2. The molecule has 0 saturated heterocycles. The molecule has 1 rings (SSSR count). The molecule has 2 unspecified atom stereocenters. The Balaban J connectivity index is 2.68. The van der Waals surface area contributed by atoms with Crippen molar-refractivity contribution in [3.05, 3.63) is 29.8 Å². The van der Waals surface area contributed by atoms with Gasteiger partial charge in [0.05, 0.1) is 0 Å². The summed E-state index contributed by atoms with van der Waals surface area (Å²) in [5, 5.41) is 0. The van der Waals surface area contributed by atoms with Gasteiger partial charge in [0.2, 0.25) is 0 Å². The van der Waals surface area contributed by atoms with Crippen molar-refractivity contribution in [1.82, 2.24) is 0 Å². The van der Waals surface area contributed by atoms with Crippen LogP contribution in [0.25, 0.3) is 0 Å². The van der Waals surface area contributed by atoms with Gasteiger partial charge in [-0.25, -0.2) is 0 Å². The van der Waals surface area contributed by atoms with Crippen LogP contribution in [0.1, 0.15) is 12.5 Å². The Kier molecular flexibility index (Phi) is 5.11. The van der Waals surface area contributed by atoms with Crippen LogP contribution in [-0.2, 0) is 17.5 Å². The van der Waals surface area contributed by atoms with Gasteiger partial charge in [0.1, 0.15) is 0 Å². The fourth-order valence-corrected chi connectivity index (χ4v) is 2.54. The van der Waals surface area contributed by atoms with E-state index in [9.17, 15) is 8.76 Å². The molecule has 0 aromatic heterocycles. The minimum atomic E-state index is -2.09. The van der Waals surface area contributed by atoms with E-state index >= 15 is 0 Å². The zero-order chi connectivity index (χ0) is 10.6. The number of rotatable bonds is 4. The molecule has 2 atom stereocenters. The van der Waals surface area contributed by atoms with Gasteiger partial charge in [-0.15, -0.1) is 0 Å². The maximum absolute atomic E-state index is 10.6. The van der Waals surface area contributed by atoms with Gasteiger partial charge in [-0.2, -0.15) is 0 Å². The van der Waals surface area contributed by atoms with Crippen molar-refractivity contribution in [2.75, 3.05) is 0 Å². The summed E-state index contributed by atoms with van der Waals surface area (Å²) in [6, 6.07) is 7.15. The zero-order valence-corrected chi connectivity index (χ0v) is 11.4. The van der Waals surface area contributed by atoms with Gasteiger partial charge in [-0.3, -0.25) is 0 Å². The molecule has 0 spiro atoms. The monoisotopic (exact) mass is 327 g/mol. The molecule has 0 saturated carbocycles. The molecule has 0 bridgehead atoms. The molecule has 14 heavy (non-hydrogen) atoms. The van der Waals surface area contributed by atoms with E-state index in [-0.39, 0.29) is 20.9 Å². The summed E-state index contributed by atoms with van der Waals surface area (Å²) in [6.07, 6.45) is 1.07. The summed E-state index contributed by atoms with van der Waals surface area (Å²) >= 11 is -1.98. The van der Waals surface area contributed by atoms with E-state index in [1.165, 1.54) is 5.56 Å². The molecule has 0 aliphatic carbocycles. The summed E-state index contributed by atoms with van der Waals surface area (Å²) in [6.45, 7) is 2.25. The molecule has 0 heterocycles. The second kappa shape index (κ2) is 5.87. The van der Waals surface area contributed by atoms with Crippen LogP contribution < -0.4 is 0 Å². The van der Waals surface area contributed by atoms with Gasteiger partial charge in [-0.1, -0.05) is 0 Å². The van der Waals surface area contributed by atoms with Gasteiger partial charge in [0, 0.05) is 0 Å². The number of hydrogen-bond acceptors (Lipinski definition) is 2. The molecular formula is C10H13O2STe-. The molecule has 78 valence electrons. The Hall–Kier alpha value is 0.120. The maximum atomic E-state index is 10.6. The Labute approximate surface area is 97.5 Å². The van der Waals surface area contributed by atoms with Crippen molar-refractivity contribution in [2.24, 2.45) is 0 Å². The molecule has 0 amide bonds. The van der Waals surface area contributed by atoms with Crippen LogP contribution in [0.2, 0.25) is 8.94 Å². The van der Waals surface area contributed by atoms with Gasteiger partial charge >= 0.3 is 97.8 Å². The number of benzene rings is 1. The fraction of sp³-hybridized carbons (Fsp3) is 0.400. The third-order valence-corrected chi connectivity index (χ3v) is 5.47. The third-order valence-electron chi connectivity index (χ3n) is 2.04. The molecule has 0 fully saturated rings. The second-order valence-electron chi connectivity index (χ2n) is 3.13. The minimum absolute atomic E-state index is 0.118. The molecule has 2 nitrogen and oxygen atoms in total. The second-order valence-corrected chi connectivity index (χ2v) is 7.71. The van der Waals surface area contributed by atoms with E-state index in [1.807, 2.05) is 12.1 Å². The molecule has 0 aliphatic heterocycles. The van der Waals surface area contributed by atoms with Gasteiger partial charge < -0.3 is 0 Å². The molecule has 1 aromatic carbocycles.